The molecule has 2 rings (SSSR count). The van der Waals surface area contributed by atoms with Crippen LogP contribution in [0.2, 0.25) is 0 Å². The van der Waals surface area contributed by atoms with Crippen molar-refractivity contribution in [1.29, 1.82) is 5.26 Å². The summed E-state index contributed by atoms with van der Waals surface area (Å²) in [5, 5.41) is 12.4. The van der Waals surface area contributed by atoms with Gasteiger partial charge in [0.25, 0.3) is 0 Å². The van der Waals surface area contributed by atoms with E-state index in [0.29, 0.717) is 0 Å². The molecule has 1 N–H and O–H groups in total. The number of aryl methyl sites for hydroxylation is 1. The molecule has 0 radical (unpaired) electrons. The van der Waals surface area contributed by atoms with E-state index in [1.807, 2.05) is 25.1 Å². The van der Waals surface area contributed by atoms with Crippen LogP contribution in [0.3, 0.4) is 0 Å². The lowest BCUT2D eigenvalue weighted by molar-refractivity contribution is 0.827. The third-order valence-corrected chi connectivity index (χ3v) is 2.82. The molecule has 14 heavy (non-hydrogen) atoms. The average Bonchev–Trinajstić information content (AvgIpc) is 2.88. The van der Waals surface area contributed by atoms with E-state index in [0.717, 1.165) is 16.8 Å². The van der Waals surface area contributed by atoms with Gasteiger partial charge in [-0.1, -0.05) is 12.1 Å². The van der Waals surface area contributed by atoms with Crippen LogP contribution in [0.1, 0.15) is 30.9 Å². The first-order valence-electron chi connectivity index (χ1n) is 4.92. The van der Waals surface area contributed by atoms with Crippen molar-refractivity contribution >= 4 is 5.69 Å². The van der Waals surface area contributed by atoms with Crippen molar-refractivity contribution in [3.8, 4) is 6.07 Å². The number of nitriles is 1. The van der Waals surface area contributed by atoms with E-state index < -0.39 is 0 Å². The minimum absolute atomic E-state index is 0.234. The summed E-state index contributed by atoms with van der Waals surface area (Å²) in [6, 6.07) is 8.05. The molecule has 0 aliphatic heterocycles. The SMILES string of the molecule is Cc1cccc(C#N)c1NC1(C)CC1. The summed E-state index contributed by atoms with van der Waals surface area (Å²) in [5.41, 5.74) is 3.14. The van der Waals surface area contributed by atoms with Gasteiger partial charge in [-0.25, -0.2) is 0 Å². The quantitative estimate of drug-likeness (QED) is 0.770. The Kier molecular flexibility index (Phi) is 1.96. The topological polar surface area (TPSA) is 35.8 Å². The first-order valence-corrected chi connectivity index (χ1v) is 4.92. The van der Waals surface area contributed by atoms with Crippen LogP contribution in [-0.2, 0) is 0 Å². The van der Waals surface area contributed by atoms with Crippen LogP contribution < -0.4 is 5.32 Å². The van der Waals surface area contributed by atoms with E-state index in [2.05, 4.69) is 18.3 Å². The number of hydrogen-bond donors (Lipinski definition) is 1. The highest BCUT2D eigenvalue weighted by Gasteiger charge is 2.37. The van der Waals surface area contributed by atoms with Gasteiger partial charge in [-0.2, -0.15) is 5.26 Å². The molecule has 0 bridgehead atoms. The third-order valence-electron chi connectivity index (χ3n) is 2.82. The second-order valence-corrected chi connectivity index (χ2v) is 4.29. The molecular formula is C12H14N2. The zero-order chi connectivity index (χ0) is 10.2. The van der Waals surface area contributed by atoms with Crippen molar-refractivity contribution in [1.82, 2.24) is 0 Å². The van der Waals surface area contributed by atoms with Crippen molar-refractivity contribution in [3.05, 3.63) is 29.3 Å². The van der Waals surface area contributed by atoms with E-state index in [-0.39, 0.29) is 5.54 Å². The number of para-hydroxylation sites is 1. The van der Waals surface area contributed by atoms with Crippen LogP contribution in [0.4, 0.5) is 5.69 Å². The fourth-order valence-electron chi connectivity index (χ4n) is 1.54. The van der Waals surface area contributed by atoms with Crippen LogP contribution in [0.25, 0.3) is 0 Å². The Balaban J connectivity index is 2.35. The summed E-state index contributed by atoms with van der Waals surface area (Å²) >= 11 is 0. The minimum Gasteiger partial charge on any atom is -0.379 e. The van der Waals surface area contributed by atoms with Gasteiger partial charge in [0.15, 0.2) is 0 Å². The van der Waals surface area contributed by atoms with E-state index in [9.17, 15) is 0 Å². The summed E-state index contributed by atoms with van der Waals surface area (Å²) in [5.74, 6) is 0. The maximum absolute atomic E-state index is 8.97. The molecule has 1 aliphatic rings. The molecule has 0 amide bonds. The monoisotopic (exact) mass is 186 g/mol. The molecule has 1 aliphatic carbocycles. The van der Waals surface area contributed by atoms with Gasteiger partial charge in [0.1, 0.15) is 6.07 Å². The van der Waals surface area contributed by atoms with Crippen LogP contribution >= 0.6 is 0 Å². The fraction of sp³-hybridized carbons (Fsp3) is 0.417. The van der Waals surface area contributed by atoms with Gasteiger partial charge in [0.2, 0.25) is 0 Å². The van der Waals surface area contributed by atoms with Crippen molar-refractivity contribution in [3.63, 3.8) is 0 Å². The summed E-state index contributed by atoms with van der Waals surface area (Å²) in [6.07, 6.45) is 2.40. The third kappa shape index (κ3) is 1.58. The lowest BCUT2D eigenvalue weighted by Gasteiger charge is -2.16. The predicted molar refractivity (Wildman–Crippen MR) is 57.2 cm³/mol. The van der Waals surface area contributed by atoms with Gasteiger partial charge in [-0.05, 0) is 38.3 Å². The van der Waals surface area contributed by atoms with E-state index in [4.69, 9.17) is 5.26 Å². The maximum Gasteiger partial charge on any atom is 0.101 e. The highest BCUT2D eigenvalue weighted by Crippen LogP contribution is 2.39. The van der Waals surface area contributed by atoms with E-state index in [1.54, 1.807) is 0 Å². The summed E-state index contributed by atoms with van der Waals surface area (Å²) in [6.45, 7) is 4.23. The first-order chi connectivity index (χ1) is 6.64. The predicted octanol–water partition coefficient (Wildman–Crippen LogP) is 2.83. The molecule has 2 nitrogen and oxygen atoms in total. The van der Waals surface area contributed by atoms with Crippen molar-refractivity contribution < 1.29 is 0 Å². The lowest BCUT2D eigenvalue weighted by Crippen LogP contribution is -2.17. The molecule has 72 valence electrons. The molecule has 2 heteroatoms. The van der Waals surface area contributed by atoms with Gasteiger partial charge in [-0.3, -0.25) is 0 Å². The number of nitrogens with one attached hydrogen (secondary N) is 1. The van der Waals surface area contributed by atoms with Gasteiger partial charge < -0.3 is 5.32 Å². The molecular weight excluding hydrogens is 172 g/mol. The van der Waals surface area contributed by atoms with Gasteiger partial charge in [-0.15, -0.1) is 0 Å². The Hall–Kier alpha value is -1.49. The number of benzene rings is 1. The van der Waals surface area contributed by atoms with Crippen LogP contribution in [0.15, 0.2) is 18.2 Å². The molecule has 0 spiro atoms. The zero-order valence-corrected chi connectivity index (χ0v) is 8.59. The first kappa shape index (κ1) is 9.08. The van der Waals surface area contributed by atoms with E-state index >= 15 is 0 Å². The van der Waals surface area contributed by atoms with Crippen LogP contribution in [0, 0.1) is 18.3 Å². The highest BCUT2D eigenvalue weighted by atomic mass is 15.0. The summed E-state index contributed by atoms with van der Waals surface area (Å²) in [7, 11) is 0. The average molecular weight is 186 g/mol. The van der Waals surface area contributed by atoms with Crippen molar-refractivity contribution in [2.24, 2.45) is 0 Å². The Labute approximate surface area is 84.6 Å². The number of rotatable bonds is 2. The number of hydrogen-bond acceptors (Lipinski definition) is 2. The van der Waals surface area contributed by atoms with Gasteiger partial charge >= 0.3 is 0 Å². The maximum atomic E-state index is 8.97. The Bertz CT molecular complexity index is 397. The van der Waals surface area contributed by atoms with Gasteiger partial charge in [0, 0.05) is 5.54 Å². The van der Waals surface area contributed by atoms with Crippen LogP contribution in [-0.4, -0.2) is 5.54 Å². The smallest absolute Gasteiger partial charge is 0.101 e. The lowest BCUT2D eigenvalue weighted by atomic mass is 10.1. The Morgan fingerprint density at radius 1 is 1.43 bits per heavy atom. The van der Waals surface area contributed by atoms with E-state index in [1.165, 1.54) is 12.8 Å². The molecule has 0 heterocycles. The normalized spacial score (nSPS) is 17.2. The second-order valence-electron chi connectivity index (χ2n) is 4.29. The number of nitrogens with zero attached hydrogens (tertiary/aromatic N) is 1. The number of anilines is 1. The largest absolute Gasteiger partial charge is 0.379 e. The Morgan fingerprint density at radius 3 is 2.71 bits per heavy atom. The molecule has 1 saturated carbocycles. The van der Waals surface area contributed by atoms with Crippen LogP contribution in [0.5, 0.6) is 0 Å². The zero-order valence-electron chi connectivity index (χ0n) is 8.59. The summed E-state index contributed by atoms with van der Waals surface area (Å²) < 4.78 is 0. The molecule has 0 atom stereocenters. The Morgan fingerprint density at radius 2 is 2.14 bits per heavy atom. The highest BCUT2D eigenvalue weighted by molar-refractivity contribution is 5.63. The molecule has 1 fully saturated rings. The summed E-state index contributed by atoms with van der Waals surface area (Å²) in [4.78, 5) is 0. The molecule has 1 aromatic carbocycles. The molecule has 0 saturated heterocycles. The fourth-order valence-corrected chi connectivity index (χ4v) is 1.54. The minimum atomic E-state index is 0.234. The van der Waals surface area contributed by atoms with Gasteiger partial charge in [0.05, 0.1) is 11.3 Å². The van der Waals surface area contributed by atoms with Crippen molar-refractivity contribution in [2.75, 3.05) is 5.32 Å². The second kappa shape index (κ2) is 3.02. The molecule has 0 aromatic heterocycles. The standard InChI is InChI=1S/C12H14N2/c1-9-4-3-5-10(8-13)11(9)14-12(2)6-7-12/h3-5,14H,6-7H2,1-2H3. The van der Waals surface area contributed by atoms with Crippen molar-refractivity contribution in [2.45, 2.75) is 32.2 Å². The molecule has 0 unspecified atom stereocenters. The molecule has 1 aromatic rings.